The largest absolute Gasteiger partial charge is 0.456 e. The molecule has 0 bridgehead atoms. The lowest BCUT2D eigenvalue weighted by molar-refractivity contribution is 0.0466. The zero-order valence-corrected chi connectivity index (χ0v) is 16.1. The van der Waals surface area contributed by atoms with E-state index < -0.39 is 11.6 Å². The third kappa shape index (κ3) is 3.05. The van der Waals surface area contributed by atoms with Crippen LogP contribution in [0.3, 0.4) is 0 Å². The van der Waals surface area contributed by atoms with Crippen LogP contribution < -0.4 is 5.63 Å². The molecule has 2 aromatic heterocycles. The molecule has 6 nitrogen and oxygen atoms in total. The minimum absolute atomic E-state index is 0.0490. The lowest BCUT2D eigenvalue weighted by Crippen LogP contribution is -2.10. The molecule has 0 radical (unpaired) electrons. The molecular formula is C22H21NO5. The quantitative estimate of drug-likeness (QED) is 0.423. The first-order valence-electron chi connectivity index (χ1n) is 9.31. The molecule has 0 spiro atoms. The number of Topliss-reactive ketones (excluding diaryl/α,β-unsaturated/α-hetero) is 1. The molecule has 1 N–H and O–H groups in total. The number of ketones is 1. The SMILES string of the molecule is CC(=O)c1c(C)[nH]c(C(=O)OCc2cc(=O)oc3cc4c(cc23)CCC4)c1C. The van der Waals surface area contributed by atoms with Gasteiger partial charge in [0.25, 0.3) is 0 Å². The number of fused-ring (bicyclic) bond motifs is 2. The lowest BCUT2D eigenvalue weighted by Gasteiger charge is -2.09. The van der Waals surface area contributed by atoms with E-state index in [0.717, 1.165) is 24.6 Å². The summed E-state index contributed by atoms with van der Waals surface area (Å²) in [6.07, 6.45) is 3.07. The molecule has 28 heavy (non-hydrogen) atoms. The van der Waals surface area contributed by atoms with E-state index in [4.69, 9.17) is 9.15 Å². The van der Waals surface area contributed by atoms with Gasteiger partial charge >= 0.3 is 11.6 Å². The van der Waals surface area contributed by atoms with E-state index in [-0.39, 0.29) is 18.1 Å². The fraction of sp³-hybridized carbons (Fsp3) is 0.318. The Morgan fingerprint density at radius 2 is 1.86 bits per heavy atom. The number of aromatic nitrogens is 1. The zero-order valence-electron chi connectivity index (χ0n) is 16.1. The highest BCUT2D eigenvalue weighted by Gasteiger charge is 2.21. The first-order valence-corrected chi connectivity index (χ1v) is 9.31. The van der Waals surface area contributed by atoms with Gasteiger partial charge in [-0.05, 0) is 68.9 Å². The maximum atomic E-state index is 12.6. The third-order valence-electron chi connectivity index (χ3n) is 5.40. The van der Waals surface area contributed by atoms with Gasteiger partial charge in [0.15, 0.2) is 5.78 Å². The molecule has 1 aliphatic carbocycles. The average molecular weight is 379 g/mol. The van der Waals surface area contributed by atoms with Crippen LogP contribution in [0.5, 0.6) is 0 Å². The number of rotatable bonds is 4. The molecule has 0 atom stereocenters. The van der Waals surface area contributed by atoms with Crippen molar-refractivity contribution in [2.75, 3.05) is 0 Å². The molecule has 1 aromatic carbocycles. The Kier molecular flexibility index (Phi) is 4.41. The highest BCUT2D eigenvalue weighted by atomic mass is 16.5. The smallest absolute Gasteiger partial charge is 0.355 e. The van der Waals surface area contributed by atoms with E-state index in [0.29, 0.717) is 28.0 Å². The Morgan fingerprint density at radius 3 is 2.54 bits per heavy atom. The number of hydrogen-bond acceptors (Lipinski definition) is 5. The second kappa shape index (κ2) is 6.78. The predicted molar refractivity (Wildman–Crippen MR) is 104 cm³/mol. The number of benzene rings is 1. The van der Waals surface area contributed by atoms with E-state index in [1.165, 1.54) is 24.1 Å². The molecule has 6 heteroatoms. The summed E-state index contributed by atoms with van der Waals surface area (Å²) in [5.41, 5.74) is 5.09. The van der Waals surface area contributed by atoms with Crippen LogP contribution in [-0.4, -0.2) is 16.7 Å². The van der Waals surface area contributed by atoms with Gasteiger partial charge in [0.1, 0.15) is 17.9 Å². The monoisotopic (exact) mass is 379 g/mol. The van der Waals surface area contributed by atoms with E-state index >= 15 is 0 Å². The topological polar surface area (TPSA) is 89.4 Å². The molecule has 0 fully saturated rings. The van der Waals surface area contributed by atoms with E-state index in [9.17, 15) is 14.4 Å². The Bertz CT molecular complexity index is 1180. The van der Waals surface area contributed by atoms with Crippen molar-refractivity contribution in [1.29, 1.82) is 0 Å². The molecule has 0 saturated carbocycles. The van der Waals surface area contributed by atoms with Crippen molar-refractivity contribution >= 4 is 22.7 Å². The van der Waals surface area contributed by atoms with Crippen molar-refractivity contribution in [3.05, 3.63) is 67.8 Å². The summed E-state index contributed by atoms with van der Waals surface area (Å²) in [7, 11) is 0. The summed E-state index contributed by atoms with van der Waals surface area (Å²) < 4.78 is 10.8. The van der Waals surface area contributed by atoms with Crippen LogP contribution in [0.1, 0.15) is 62.1 Å². The molecule has 0 saturated heterocycles. The second-order valence-electron chi connectivity index (χ2n) is 7.32. The Morgan fingerprint density at radius 1 is 1.14 bits per heavy atom. The minimum atomic E-state index is -0.560. The number of esters is 1. The molecule has 4 rings (SSSR count). The van der Waals surface area contributed by atoms with Gasteiger partial charge in [-0.3, -0.25) is 4.79 Å². The van der Waals surface area contributed by atoms with Crippen LogP contribution in [0.4, 0.5) is 0 Å². The van der Waals surface area contributed by atoms with Crippen molar-refractivity contribution in [3.8, 4) is 0 Å². The van der Waals surface area contributed by atoms with Crippen LogP contribution in [0.15, 0.2) is 27.4 Å². The van der Waals surface area contributed by atoms with Gasteiger partial charge < -0.3 is 14.1 Å². The first-order chi connectivity index (χ1) is 13.3. The molecular weight excluding hydrogens is 358 g/mol. The highest BCUT2D eigenvalue weighted by Crippen LogP contribution is 2.29. The minimum Gasteiger partial charge on any atom is -0.456 e. The highest BCUT2D eigenvalue weighted by molar-refractivity contribution is 6.01. The summed E-state index contributed by atoms with van der Waals surface area (Å²) >= 11 is 0. The molecule has 0 aliphatic heterocycles. The van der Waals surface area contributed by atoms with Gasteiger partial charge in [-0.1, -0.05) is 0 Å². The van der Waals surface area contributed by atoms with Crippen LogP contribution >= 0.6 is 0 Å². The molecule has 0 amide bonds. The maximum Gasteiger partial charge on any atom is 0.355 e. The molecule has 0 unspecified atom stereocenters. The van der Waals surface area contributed by atoms with Crippen LogP contribution in [0, 0.1) is 13.8 Å². The standard InChI is InChI=1S/C22H21NO5/c1-11-20(13(3)24)12(2)23-21(11)22(26)27-10-16-9-19(25)28-18-8-15-6-4-5-14(15)7-17(16)18/h7-9,23H,4-6,10H2,1-3H3. The first kappa shape index (κ1) is 18.2. The Hall–Kier alpha value is -3.15. The van der Waals surface area contributed by atoms with E-state index in [1.807, 2.05) is 12.1 Å². The Labute approximate surface area is 161 Å². The molecule has 2 heterocycles. The average Bonchev–Trinajstić information content (AvgIpc) is 3.20. The van der Waals surface area contributed by atoms with Crippen LogP contribution in [0.2, 0.25) is 0 Å². The van der Waals surface area contributed by atoms with Gasteiger partial charge in [-0.25, -0.2) is 9.59 Å². The van der Waals surface area contributed by atoms with Crippen LogP contribution in [0.25, 0.3) is 11.0 Å². The van der Waals surface area contributed by atoms with Crippen molar-refractivity contribution < 1.29 is 18.7 Å². The van der Waals surface area contributed by atoms with Gasteiger partial charge in [0, 0.05) is 28.3 Å². The third-order valence-corrected chi connectivity index (χ3v) is 5.40. The van der Waals surface area contributed by atoms with E-state index in [1.54, 1.807) is 13.8 Å². The van der Waals surface area contributed by atoms with Crippen molar-refractivity contribution in [1.82, 2.24) is 4.98 Å². The zero-order chi connectivity index (χ0) is 20.0. The number of ether oxygens (including phenoxy) is 1. The fourth-order valence-corrected chi connectivity index (χ4v) is 4.11. The molecule has 144 valence electrons. The van der Waals surface area contributed by atoms with Gasteiger partial charge in [0.05, 0.1) is 0 Å². The number of H-pyrrole nitrogens is 1. The van der Waals surface area contributed by atoms with E-state index in [2.05, 4.69) is 4.98 Å². The fourth-order valence-electron chi connectivity index (χ4n) is 4.11. The number of carbonyl (C=O) groups excluding carboxylic acids is 2. The summed E-state index contributed by atoms with van der Waals surface area (Å²) in [5, 5.41) is 0.789. The number of aromatic amines is 1. The molecule has 1 aliphatic rings. The summed E-state index contributed by atoms with van der Waals surface area (Å²) in [6.45, 7) is 4.88. The number of carbonyl (C=O) groups is 2. The number of nitrogens with one attached hydrogen (secondary N) is 1. The predicted octanol–water partition coefficient (Wildman–Crippen LogP) is 3.79. The van der Waals surface area contributed by atoms with Gasteiger partial charge in [-0.15, -0.1) is 0 Å². The number of hydrogen-bond donors (Lipinski definition) is 1. The van der Waals surface area contributed by atoms with Crippen molar-refractivity contribution in [3.63, 3.8) is 0 Å². The second-order valence-corrected chi connectivity index (χ2v) is 7.32. The molecule has 3 aromatic rings. The summed E-state index contributed by atoms with van der Waals surface area (Å²) in [6, 6.07) is 5.31. The normalized spacial score (nSPS) is 13.0. The van der Waals surface area contributed by atoms with Crippen molar-refractivity contribution in [2.24, 2.45) is 0 Å². The lowest BCUT2D eigenvalue weighted by atomic mass is 10.0. The Balaban J connectivity index is 1.64. The van der Waals surface area contributed by atoms with Crippen LogP contribution in [-0.2, 0) is 24.2 Å². The maximum absolute atomic E-state index is 12.6. The van der Waals surface area contributed by atoms with Gasteiger partial charge in [0.2, 0.25) is 0 Å². The van der Waals surface area contributed by atoms with Gasteiger partial charge in [-0.2, -0.15) is 0 Å². The summed E-state index contributed by atoms with van der Waals surface area (Å²) in [4.78, 5) is 39.2. The number of aryl methyl sites for hydroxylation is 3. The van der Waals surface area contributed by atoms with Crippen molar-refractivity contribution in [2.45, 2.75) is 46.6 Å². The summed E-state index contributed by atoms with van der Waals surface area (Å²) in [5.74, 6) is -0.665.